The van der Waals surface area contributed by atoms with Crippen molar-refractivity contribution in [1.29, 1.82) is 0 Å². The van der Waals surface area contributed by atoms with Gasteiger partial charge in [-0.15, -0.1) is 0 Å². The molecule has 0 aliphatic heterocycles. The monoisotopic (exact) mass is 331 g/mol. The number of phenolic OH excluding ortho intramolecular Hbond substituents is 1. The Bertz CT molecular complexity index is 771. The average Bonchev–Trinajstić information content (AvgIpc) is 2.92. The summed E-state index contributed by atoms with van der Waals surface area (Å²) in [5, 5.41) is 13.6. The van der Waals surface area contributed by atoms with E-state index in [0.29, 0.717) is 27.4 Å². The summed E-state index contributed by atoms with van der Waals surface area (Å²) in [6.07, 6.45) is 0. The molecule has 1 aromatic carbocycles. The quantitative estimate of drug-likeness (QED) is 0.777. The molecule has 0 atom stereocenters. The molecular weight excluding hydrogens is 322 g/mol. The lowest BCUT2D eigenvalue weighted by atomic mass is 10.2. The van der Waals surface area contributed by atoms with Gasteiger partial charge >= 0.3 is 0 Å². The number of benzene rings is 1. The second kappa shape index (κ2) is 5.05. The van der Waals surface area contributed by atoms with Crippen LogP contribution in [0.5, 0.6) is 5.75 Å². The summed E-state index contributed by atoms with van der Waals surface area (Å²) in [7, 11) is 0. The molecule has 0 aliphatic carbocycles. The maximum Gasteiger partial charge on any atom is 0.258 e. The fourth-order valence-electron chi connectivity index (χ4n) is 1.76. The smallest absolute Gasteiger partial charge is 0.258 e. The van der Waals surface area contributed by atoms with Gasteiger partial charge in [-0.05, 0) is 53.2 Å². The van der Waals surface area contributed by atoms with Gasteiger partial charge < -0.3 is 9.63 Å². The molecule has 1 N–H and O–H groups in total. The molecule has 0 radical (unpaired) electrons. The molecule has 0 bridgehead atoms. The van der Waals surface area contributed by atoms with Crippen LogP contribution in [0.1, 0.15) is 5.69 Å². The van der Waals surface area contributed by atoms with E-state index in [-0.39, 0.29) is 5.75 Å². The molecule has 2 aromatic heterocycles. The van der Waals surface area contributed by atoms with Crippen molar-refractivity contribution in [3.8, 4) is 28.7 Å². The highest BCUT2D eigenvalue weighted by Gasteiger charge is 2.12. The standard InChI is InChI=1S/C14H10BrN3O2/c1-8-3-2-4-11(16-8)13-17-14(20-18-13)9-5-6-10(15)12(19)7-9/h2-7,19H,1H3. The van der Waals surface area contributed by atoms with Gasteiger partial charge in [0.2, 0.25) is 5.82 Å². The van der Waals surface area contributed by atoms with Crippen LogP contribution >= 0.6 is 15.9 Å². The van der Waals surface area contributed by atoms with Crippen molar-refractivity contribution >= 4 is 15.9 Å². The van der Waals surface area contributed by atoms with E-state index in [2.05, 4.69) is 31.1 Å². The zero-order valence-electron chi connectivity index (χ0n) is 10.5. The fraction of sp³-hybridized carbons (Fsp3) is 0.0714. The first-order valence-electron chi connectivity index (χ1n) is 5.90. The Balaban J connectivity index is 1.99. The Kier molecular flexibility index (Phi) is 3.23. The lowest BCUT2D eigenvalue weighted by molar-refractivity contribution is 0.431. The average molecular weight is 332 g/mol. The molecule has 0 unspecified atom stereocenters. The Morgan fingerprint density at radius 1 is 1.15 bits per heavy atom. The Hall–Kier alpha value is -2.21. The molecule has 5 nitrogen and oxygen atoms in total. The third-order valence-corrected chi connectivity index (χ3v) is 3.41. The third kappa shape index (κ3) is 2.42. The molecule has 20 heavy (non-hydrogen) atoms. The molecule has 3 aromatic rings. The summed E-state index contributed by atoms with van der Waals surface area (Å²) in [5.41, 5.74) is 2.19. The molecule has 0 amide bonds. The first kappa shape index (κ1) is 12.8. The number of nitrogens with zero attached hydrogens (tertiary/aromatic N) is 3. The molecular formula is C14H10BrN3O2. The van der Waals surface area contributed by atoms with E-state index >= 15 is 0 Å². The van der Waals surface area contributed by atoms with Gasteiger partial charge in [0.15, 0.2) is 0 Å². The predicted molar refractivity (Wildman–Crippen MR) is 77.1 cm³/mol. The highest BCUT2D eigenvalue weighted by Crippen LogP contribution is 2.29. The minimum atomic E-state index is 0.121. The van der Waals surface area contributed by atoms with Crippen molar-refractivity contribution in [3.05, 3.63) is 46.6 Å². The summed E-state index contributed by atoms with van der Waals surface area (Å²) >= 11 is 3.23. The van der Waals surface area contributed by atoms with Crippen LogP contribution < -0.4 is 0 Å². The van der Waals surface area contributed by atoms with E-state index in [4.69, 9.17) is 4.52 Å². The molecule has 0 fully saturated rings. The number of hydrogen-bond donors (Lipinski definition) is 1. The maximum absolute atomic E-state index is 9.67. The van der Waals surface area contributed by atoms with Gasteiger partial charge in [0, 0.05) is 11.3 Å². The summed E-state index contributed by atoms with van der Waals surface area (Å²) in [4.78, 5) is 8.64. The first-order chi connectivity index (χ1) is 9.63. The predicted octanol–water partition coefficient (Wildman–Crippen LogP) is 3.58. The van der Waals surface area contributed by atoms with Gasteiger partial charge in [-0.1, -0.05) is 11.2 Å². The van der Waals surface area contributed by atoms with E-state index in [1.165, 1.54) is 0 Å². The van der Waals surface area contributed by atoms with E-state index < -0.39 is 0 Å². The van der Waals surface area contributed by atoms with Crippen LogP contribution in [0, 0.1) is 6.92 Å². The fourth-order valence-corrected chi connectivity index (χ4v) is 2.00. The highest BCUT2D eigenvalue weighted by molar-refractivity contribution is 9.10. The lowest BCUT2D eigenvalue weighted by Crippen LogP contribution is -1.87. The Labute approximate surface area is 123 Å². The number of aryl methyl sites for hydroxylation is 1. The van der Waals surface area contributed by atoms with Crippen LogP contribution in [0.25, 0.3) is 23.0 Å². The summed E-state index contributed by atoms with van der Waals surface area (Å²) < 4.78 is 5.82. The number of aromatic nitrogens is 3. The van der Waals surface area contributed by atoms with Gasteiger partial charge in [0.05, 0.1) is 4.47 Å². The topological polar surface area (TPSA) is 72.0 Å². The van der Waals surface area contributed by atoms with E-state index in [0.717, 1.165) is 5.69 Å². The number of hydrogen-bond acceptors (Lipinski definition) is 5. The summed E-state index contributed by atoms with van der Waals surface area (Å²) in [5.74, 6) is 0.883. The highest BCUT2D eigenvalue weighted by atomic mass is 79.9. The molecule has 2 heterocycles. The van der Waals surface area contributed by atoms with Crippen molar-refractivity contribution in [3.63, 3.8) is 0 Å². The molecule has 0 saturated carbocycles. The second-order valence-corrected chi connectivity index (χ2v) is 5.11. The molecule has 6 heteroatoms. The molecule has 3 rings (SSSR count). The molecule has 100 valence electrons. The molecule has 0 aliphatic rings. The second-order valence-electron chi connectivity index (χ2n) is 4.25. The van der Waals surface area contributed by atoms with Crippen molar-refractivity contribution in [2.45, 2.75) is 6.92 Å². The van der Waals surface area contributed by atoms with Crippen LogP contribution in [0.3, 0.4) is 0 Å². The SMILES string of the molecule is Cc1cccc(-c2noc(-c3ccc(Br)c(O)c3)n2)n1. The van der Waals surface area contributed by atoms with Crippen molar-refractivity contribution in [2.24, 2.45) is 0 Å². The maximum atomic E-state index is 9.67. The van der Waals surface area contributed by atoms with E-state index in [1.807, 2.05) is 25.1 Å². The molecule has 0 saturated heterocycles. The van der Waals surface area contributed by atoms with Gasteiger partial charge in [0.1, 0.15) is 11.4 Å². The summed E-state index contributed by atoms with van der Waals surface area (Å²) in [6, 6.07) is 10.7. The Morgan fingerprint density at radius 2 is 2.00 bits per heavy atom. The van der Waals surface area contributed by atoms with Crippen molar-refractivity contribution < 1.29 is 9.63 Å². The van der Waals surface area contributed by atoms with Gasteiger partial charge in [-0.3, -0.25) is 0 Å². The lowest BCUT2D eigenvalue weighted by Gasteiger charge is -1.98. The van der Waals surface area contributed by atoms with Gasteiger partial charge in [-0.2, -0.15) is 4.98 Å². The zero-order valence-corrected chi connectivity index (χ0v) is 12.1. The van der Waals surface area contributed by atoms with Crippen LogP contribution in [-0.2, 0) is 0 Å². The number of pyridine rings is 1. The van der Waals surface area contributed by atoms with Gasteiger partial charge in [-0.25, -0.2) is 4.98 Å². The number of rotatable bonds is 2. The first-order valence-corrected chi connectivity index (χ1v) is 6.69. The van der Waals surface area contributed by atoms with Crippen LogP contribution in [0.2, 0.25) is 0 Å². The largest absolute Gasteiger partial charge is 0.507 e. The van der Waals surface area contributed by atoms with Crippen LogP contribution in [-0.4, -0.2) is 20.2 Å². The summed E-state index contributed by atoms with van der Waals surface area (Å²) in [6.45, 7) is 1.90. The zero-order chi connectivity index (χ0) is 14.1. The van der Waals surface area contributed by atoms with Crippen molar-refractivity contribution in [1.82, 2.24) is 15.1 Å². The van der Waals surface area contributed by atoms with E-state index in [1.54, 1.807) is 18.2 Å². The van der Waals surface area contributed by atoms with Gasteiger partial charge in [0.25, 0.3) is 5.89 Å². The van der Waals surface area contributed by atoms with Crippen molar-refractivity contribution in [2.75, 3.05) is 0 Å². The number of aromatic hydroxyl groups is 1. The number of halogens is 1. The number of phenols is 1. The molecule has 0 spiro atoms. The van der Waals surface area contributed by atoms with Crippen LogP contribution in [0.4, 0.5) is 0 Å². The Morgan fingerprint density at radius 3 is 2.75 bits per heavy atom. The van der Waals surface area contributed by atoms with Crippen LogP contribution in [0.15, 0.2) is 45.4 Å². The normalized spacial score (nSPS) is 10.7. The van der Waals surface area contributed by atoms with E-state index in [9.17, 15) is 5.11 Å². The third-order valence-electron chi connectivity index (χ3n) is 2.74. The minimum absolute atomic E-state index is 0.121. The minimum Gasteiger partial charge on any atom is -0.507 e.